The van der Waals surface area contributed by atoms with Gasteiger partial charge in [0.15, 0.2) is 6.10 Å². The van der Waals surface area contributed by atoms with Crippen molar-refractivity contribution >= 4 is 17.9 Å². The molecule has 0 saturated heterocycles. The zero-order valence-corrected chi connectivity index (χ0v) is 49.1. The molecule has 0 bridgehead atoms. The number of esters is 3. The van der Waals surface area contributed by atoms with Crippen LogP contribution in [0.3, 0.4) is 0 Å². The van der Waals surface area contributed by atoms with Crippen molar-refractivity contribution < 1.29 is 28.6 Å². The summed E-state index contributed by atoms with van der Waals surface area (Å²) in [6.45, 7) is 6.27. The Kier molecular flexibility index (Phi) is 59.0. The molecule has 1 unspecified atom stereocenters. The van der Waals surface area contributed by atoms with Gasteiger partial charge in [-0.2, -0.15) is 0 Å². The van der Waals surface area contributed by atoms with Gasteiger partial charge in [-0.25, -0.2) is 0 Å². The van der Waals surface area contributed by atoms with Crippen LogP contribution in [-0.2, 0) is 28.6 Å². The summed E-state index contributed by atoms with van der Waals surface area (Å²) in [4.78, 5) is 38.1. The Labute approximate surface area is 472 Å². The molecule has 0 aliphatic rings. The predicted molar refractivity (Wildman–Crippen MR) is 334 cm³/mol. The zero-order valence-electron chi connectivity index (χ0n) is 49.1. The molecule has 0 heterocycles. The number of carbonyl (C=O) groups excluding carboxylic acids is 3. The molecule has 0 saturated carbocycles. The molecule has 77 heavy (non-hydrogen) atoms. The van der Waals surface area contributed by atoms with Gasteiger partial charge in [-0.05, 0) is 135 Å². The molecule has 1 atom stereocenters. The van der Waals surface area contributed by atoms with E-state index >= 15 is 0 Å². The van der Waals surface area contributed by atoms with E-state index in [1.807, 2.05) is 12.2 Å². The molecule has 0 fully saturated rings. The van der Waals surface area contributed by atoms with Crippen LogP contribution in [0.5, 0.6) is 0 Å². The molecule has 0 radical (unpaired) electrons. The molecule has 0 aromatic rings. The molecule has 0 spiro atoms. The Balaban J connectivity index is 4.51. The lowest BCUT2D eigenvalue weighted by molar-refractivity contribution is -0.166. The highest BCUT2D eigenvalue weighted by Gasteiger charge is 2.19. The highest BCUT2D eigenvalue weighted by molar-refractivity contribution is 5.71. The van der Waals surface area contributed by atoms with Gasteiger partial charge >= 0.3 is 17.9 Å². The molecule has 0 aromatic carbocycles. The van der Waals surface area contributed by atoms with Gasteiger partial charge in [0, 0.05) is 19.3 Å². The smallest absolute Gasteiger partial charge is 0.306 e. The van der Waals surface area contributed by atoms with Crippen molar-refractivity contribution in [3.63, 3.8) is 0 Å². The van der Waals surface area contributed by atoms with E-state index in [-0.39, 0.29) is 50.4 Å². The Hall–Kier alpha value is -5.23. The van der Waals surface area contributed by atoms with Crippen LogP contribution in [0.1, 0.15) is 239 Å². The Morgan fingerprint density at radius 2 is 0.545 bits per heavy atom. The summed E-state index contributed by atoms with van der Waals surface area (Å²) in [7, 11) is 0. The topological polar surface area (TPSA) is 78.9 Å². The van der Waals surface area contributed by atoms with Crippen LogP contribution < -0.4 is 0 Å². The average Bonchev–Trinajstić information content (AvgIpc) is 3.43. The summed E-state index contributed by atoms with van der Waals surface area (Å²) in [6.07, 6.45) is 93.8. The quantitative estimate of drug-likeness (QED) is 0.0261. The average molecular weight is 1060 g/mol. The fourth-order valence-electron chi connectivity index (χ4n) is 7.69. The minimum Gasteiger partial charge on any atom is -0.462 e. The van der Waals surface area contributed by atoms with Crippen LogP contribution in [-0.4, -0.2) is 37.2 Å². The van der Waals surface area contributed by atoms with Gasteiger partial charge in [-0.1, -0.05) is 255 Å². The molecule has 430 valence electrons. The van der Waals surface area contributed by atoms with E-state index < -0.39 is 6.10 Å². The van der Waals surface area contributed by atoms with Crippen LogP contribution in [0.25, 0.3) is 0 Å². The summed E-state index contributed by atoms with van der Waals surface area (Å²) < 4.78 is 16.7. The highest BCUT2D eigenvalue weighted by Crippen LogP contribution is 2.13. The lowest BCUT2D eigenvalue weighted by atomic mass is 10.1. The first-order valence-corrected chi connectivity index (χ1v) is 30.6. The van der Waals surface area contributed by atoms with Crippen LogP contribution in [0.15, 0.2) is 170 Å². The van der Waals surface area contributed by atoms with Gasteiger partial charge in [-0.15, -0.1) is 0 Å². The maximum Gasteiger partial charge on any atom is 0.306 e. The third kappa shape index (κ3) is 61.5. The van der Waals surface area contributed by atoms with E-state index in [1.165, 1.54) is 77.0 Å². The molecule has 6 nitrogen and oxygen atoms in total. The standard InChI is InChI=1S/C71H110O6/c1-4-7-10-13-16-19-22-25-27-29-30-31-32-33-34-35-36-37-38-39-40-42-43-46-49-52-55-58-61-64-70(73)76-67-68(66-75-69(72)63-60-57-54-51-48-45-24-21-18-15-12-9-6-3)77-71(74)65-62-59-56-53-50-47-44-41-28-26-23-20-17-14-11-8-5-2/h7,9-10,12,16,18-19,21,25-28,30-31,33-34,36-37,39-40,43,45-46,48,52,54-55,57,68H,4-6,8,11,13-15,17,20,22-24,29,32,35,38,41-42,44,47,49-51,53,56,58-67H2,1-3H3/b10-7-,12-9-,19-16-,21-18-,27-25-,28-26-,31-30-,34-33-,37-36-,40-39-,46-43-,48-45-,55-52-,57-54-. The van der Waals surface area contributed by atoms with Crippen molar-refractivity contribution in [3.05, 3.63) is 170 Å². The highest BCUT2D eigenvalue weighted by atomic mass is 16.6. The number of hydrogen-bond acceptors (Lipinski definition) is 6. The number of unbranched alkanes of at least 4 members (excludes halogenated alkanes) is 14. The zero-order chi connectivity index (χ0) is 55.7. The molecular weight excluding hydrogens is 949 g/mol. The van der Waals surface area contributed by atoms with Crippen molar-refractivity contribution in [2.75, 3.05) is 13.2 Å². The number of carbonyl (C=O) groups is 3. The Morgan fingerprint density at radius 3 is 0.922 bits per heavy atom. The van der Waals surface area contributed by atoms with E-state index in [2.05, 4.69) is 179 Å². The summed E-state index contributed by atoms with van der Waals surface area (Å²) in [6, 6.07) is 0. The van der Waals surface area contributed by atoms with Crippen LogP contribution in [0, 0.1) is 0 Å². The fraction of sp³-hybridized carbons (Fsp3) is 0.563. The second kappa shape index (κ2) is 63.3. The first-order chi connectivity index (χ1) is 38.0. The Morgan fingerprint density at radius 1 is 0.273 bits per heavy atom. The molecular formula is C71H110O6. The first-order valence-electron chi connectivity index (χ1n) is 30.6. The summed E-state index contributed by atoms with van der Waals surface area (Å²) in [5.41, 5.74) is 0. The molecule has 0 rings (SSSR count). The van der Waals surface area contributed by atoms with Gasteiger partial charge in [0.05, 0.1) is 0 Å². The van der Waals surface area contributed by atoms with Crippen LogP contribution >= 0.6 is 0 Å². The van der Waals surface area contributed by atoms with Gasteiger partial charge in [0.2, 0.25) is 0 Å². The van der Waals surface area contributed by atoms with Crippen molar-refractivity contribution in [1.29, 1.82) is 0 Å². The molecule has 0 aliphatic heterocycles. The van der Waals surface area contributed by atoms with Crippen LogP contribution in [0.4, 0.5) is 0 Å². The van der Waals surface area contributed by atoms with Crippen molar-refractivity contribution in [2.24, 2.45) is 0 Å². The monoisotopic (exact) mass is 1060 g/mol. The SMILES string of the molecule is CC/C=C\C/C=C\C/C=C\C/C=C\C/C=C\C/C=C\C/C=C\C/C=C\C/C=C\CCCC(=O)OCC(COC(=O)CC/C=C\C/C=C\C/C=C\C/C=C\CC)OC(=O)CCCCCCCCC/C=C\CCCCCCCC. The van der Waals surface area contributed by atoms with Crippen molar-refractivity contribution in [2.45, 2.75) is 245 Å². The number of ether oxygens (including phenoxy) is 3. The van der Waals surface area contributed by atoms with Crippen LogP contribution in [0.2, 0.25) is 0 Å². The largest absolute Gasteiger partial charge is 0.462 e. The molecule has 0 aliphatic carbocycles. The fourth-order valence-corrected chi connectivity index (χ4v) is 7.69. The second-order valence-corrected chi connectivity index (χ2v) is 19.5. The van der Waals surface area contributed by atoms with E-state index in [4.69, 9.17) is 14.2 Å². The van der Waals surface area contributed by atoms with Gasteiger partial charge in [0.1, 0.15) is 13.2 Å². The lowest BCUT2D eigenvalue weighted by Crippen LogP contribution is -2.30. The minimum atomic E-state index is -0.842. The van der Waals surface area contributed by atoms with Gasteiger partial charge in [0.25, 0.3) is 0 Å². The number of allylic oxidation sites excluding steroid dienone is 28. The minimum absolute atomic E-state index is 0.139. The molecule has 0 N–H and O–H groups in total. The third-order valence-electron chi connectivity index (χ3n) is 12.2. The number of hydrogen-bond donors (Lipinski definition) is 0. The molecule has 0 aromatic heterocycles. The van der Waals surface area contributed by atoms with Gasteiger partial charge in [-0.3, -0.25) is 14.4 Å². The van der Waals surface area contributed by atoms with E-state index in [0.29, 0.717) is 12.8 Å². The number of rotatable bonds is 53. The molecule has 6 heteroatoms. The molecule has 0 amide bonds. The second-order valence-electron chi connectivity index (χ2n) is 19.5. The third-order valence-corrected chi connectivity index (χ3v) is 12.2. The van der Waals surface area contributed by atoms with E-state index in [0.717, 1.165) is 109 Å². The summed E-state index contributed by atoms with van der Waals surface area (Å²) in [5, 5.41) is 0. The normalized spacial score (nSPS) is 13.3. The Bertz CT molecular complexity index is 1790. The van der Waals surface area contributed by atoms with Crippen molar-refractivity contribution in [3.8, 4) is 0 Å². The van der Waals surface area contributed by atoms with Gasteiger partial charge < -0.3 is 14.2 Å². The van der Waals surface area contributed by atoms with E-state index in [1.54, 1.807) is 0 Å². The maximum atomic E-state index is 12.9. The lowest BCUT2D eigenvalue weighted by Gasteiger charge is -2.18. The summed E-state index contributed by atoms with van der Waals surface area (Å²) in [5.74, 6) is -1.09. The predicted octanol–water partition coefficient (Wildman–Crippen LogP) is 21.1. The van der Waals surface area contributed by atoms with E-state index in [9.17, 15) is 14.4 Å². The first kappa shape index (κ1) is 71.8. The van der Waals surface area contributed by atoms with Crippen molar-refractivity contribution in [1.82, 2.24) is 0 Å². The summed E-state index contributed by atoms with van der Waals surface area (Å²) >= 11 is 0. The maximum absolute atomic E-state index is 12.9.